The molecule has 2 fully saturated rings. The van der Waals surface area contributed by atoms with Gasteiger partial charge in [0.1, 0.15) is 5.78 Å². The summed E-state index contributed by atoms with van der Waals surface area (Å²) in [5.41, 5.74) is 0. The van der Waals surface area contributed by atoms with Gasteiger partial charge in [0.2, 0.25) is 0 Å². The Morgan fingerprint density at radius 1 is 1.44 bits per heavy atom. The Morgan fingerprint density at radius 2 is 2.22 bits per heavy atom. The van der Waals surface area contributed by atoms with Crippen LogP contribution in [0.3, 0.4) is 0 Å². The first-order valence-corrected chi connectivity index (χ1v) is 3.83. The number of hydrogen-bond acceptors (Lipinski definition) is 1. The minimum atomic E-state index is 0.406. The van der Waals surface area contributed by atoms with Crippen LogP contribution in [0.2, 0.25) is 0 Å². The van der Waals surface area contributed by atoms with Crippen LogP contribution >= 0.6 is 0 Å². The van der Waals surface area contributed by atoms with E-state index in [1.54, 1.807) is 0 Å². The summed E-state index contributed by atoms with van der Waals surface area (Å²) in [5.74, 6) is 2.20. The average Bonchev–Trinajstić information content (AvgIpc) is 2.37. The highest BCUT2D eigenvalue weighted by atomic mass is 16.1. The fourth-order valence-electron chi connectivity index (χ4n) is 2.33. The molecule has 0 aromatic heterocycles. The van der Waals surface area contributed by atoms with Gasteiger partial charge in [0, 0.05) is 11.8 Å². The van der Waals surface area contributed by atoms with E-state index in [4.69, 9.17) is 0 Å². The van der Waals surface area contributed by atoms with Gasteiger partial charge in [0.15, 0.2) is 0 Å². The van der Waals surface area contributed by atoms with E-state index >= 15 is 0 Å². The predicted molar refractivity (Wildman–Crippen MR) is 35.0 cm³/mol. The first-order valence-electron chi connectivity index (χ1n) is 3.83. The van der Waals surface area contributed by atoms with Crippen LogP contribution in [-0.2, 0) is 4.79 Å². The van der Waals surface area contributed by atoms with Crippen LogP contribution in [0.15, 0.2) is 0 Å². The first kappa shape index (κ1) is 5.45. The Bertz CT molecular complexity index is 147. The van der Waals surface area contributed by atoms with E-state index in [9.17, 15) is 4.79 Å². The van der Waals surface area contributed by atoms with Crippen LogP contribution in [0.25, 0.3) is 0 Å². The third-order valence-corrected chi connectivity index (χ3v) is 3.03. The summed E-state index contributed by atoms with van der Waals surface area (Å²) in [6.07, 6.45) is 3.71. The van der Waals surface area contributed by atoms with Gasteiger partial charge in [-0.25, -0.2) is 0 Å². The molecule has 0 radical (unpaired) electrons. The van der Waals surface area contributed by atoms with Crippen LogP contribution in [0.4, 0.5) is 0 Å². The van der Waals surface area contributed by atoms with Crippen molar-refractivity contribution >= 4 is 5.78 Å². The van der Waals surface area contributed by atoms with E-state index in [-0.39, 0.29) is 0 Å². The minimum Gasteiger partial charge on any atom is -0.299 e. The Kier molecular flexibility index (Phi) is 0.961. The molecular formula is C8H12O. The number of ketones is 1. The van der Waals surface area contributed by atoms with Crippen LogP contribution in [0.5, 0.6) is 0 Å². The van der Waals surface area contributed by atoms with Crippen molar-refractivity contribution in [3.8, 4) is 0 Å². The highest BCUT2D eigenvalue weighted by molar-refractivity contribution is 5.86. The van der Waals surface area contributed by atoms with E-state index in [1.165, 1.54) is 19.3 Å². The Hall–Kier alpha value is -0.330. The van der Waals surface area contributed by atoms with Gasteiger partial charge in [-0.2, -0.15) is 0 Å². The smallest absolute Gasteiger partial charge is 0.139 e. The van der Waals surface area contributed by atoms with Gasteiger partial charge in [0.05, 0.1) is 0 Å². The molecule has 3 atom stereocenters. The quantitative estimate of drug-likeness (QED) is 0.479. The van der Waals surface area contributed by atoms with E-state index in [2.05, 4.69) is 6.92 Å². The van der Waals surface area contributed by atoms with Gasteiger partial charge in [0.25, 0.3) is 0 Å². The maximum atomic E-state index is 11.2. The topological polar surface area (TPSA) is 17.1 Å². The number of Topliss-reactive ketones (excluding diaryl/α,β-unsaturated/α-hetero) is 1. The molecule has 1 nitrogen and oxygen atoms in total. The summed E-state index contributed by atoms with van der Waals surface area (Å²) in [7, 11) is 0. The van der Waals surface area contributed by atoms with E-state index in [1.807, 2.05) is 0 Å². The van der Waals surface area contributed by atoms with Crippen molar-refractivity contribution in [2.75, 3.05) is 0 Å². The molecule has 2 rings (SSSR count). The fourth-order valence-corrected chi connectivity index (χ4v) is 2.33. The molecule has 1 heteroatoms. The molecule has 9 heavy (non-hydrogen) atoms. The molecule has 0 aliphatic heterocycles. The SMILES string of the molecule is C[C@@H]1C(=O)C2CCC1C2. The Labute approximate surface area is 55.4 Å². The van der Waals surface area contributed by atoms with E-state index in [0.29, 0.717) is 17.6 Å². The normalized spacial score (nSPS) is 48.6. The molecule has 2 saturated carbocycles. The first-order chi connectivity index (χ1) is 4.29. The zero-order valence-electron chi connectivity index (χ0n) is 5.76. The highest BCUT2D eigenvalue weighted by Crippen LogP contribution is 2.45. The van der Waals surface area contributed by atoms with Crippen molar-refractivity contribution in [1.29, 1.82) is 0 Å². The lowest BCUT2D eigenvalue weighted by Crippen LogP contribution is -2.18. The third kappa shape index (κ3) is 0.577. The van der Waals surface area contributed by atoms with Gasteiger partial charge in [-0.05, 0) is 25.2 Å². The zero-order chi connectivity index (χ0) is 6.43. The molecular weight excluding hydrogens is 112 g/mol. The largest absolute Gasteiger partial charge is 0.299 e. The van der Waals surface area contributed by atoms with Gasteiger partial charge < -0.3 is 0 Å². The summed E-state index contributed by atoms with van der Waals surface area (Å²) in [5, 5.41) is 0. The highest BCUT2D eigenvalue weighted by Gasteiger charge is 2.43. The van der Waals surface area contributed by atoms with Gasteiger partial charge in [-0.1, -0.05) is 6.92 Å². The van der Waals surface area contributed by atoms with Gasteiger partial charge >= 0.3 is 0 Å². The number of hydrogen-bond donors (Lipinski definition) is 0. The van der Waals surface area contributed by atoms with Crippen molar-refractivity contribution in [3.63, 3.8) is 0 Å². The standard InChI is InChI=1S/C8H12O/c1-5-6-2-3-7(4-6)8(5)9/h5-7H,2-4H2,1H3/t5-,6?,7?/m0/s1. The lowest BCUT2D eigenvalue weighted by Gasteiger charge is -2.14. The minimum absolute atomic E-state index is 0.406. The summed E-state index contributed by atoms with van der Waals surface area (Å²) < 4.78 is 0. The molecule has 2 aliphatic rings. The molecule has 0 aromatic rings. The molecule has 50 valence electrons. The molecule has 0 saturated heterocycles. The second kappa shape index (κ2) is 1.59. The number of fused-ring (bicyclic) bond motifs is 2. The monoisotopic (exact) mass is 124 g/mol. The van der Waals surface area contributed by atoms with Gasteiger partial charge in [-0.3, -0.25) is 4.79 Å². The summed E-state index contributed by atoms with van der Waals surface area (Å²) in [6.45, 7) is 2.09. The molecule has 2 aliphatic carbocycles. The van der Waals surface area contributed by atoms with Crippen LogP contribution in [-0.4, -0.2) is 5.78 Å². The summed E-state index contributed by atoms with van der Waals surface area (Å²) >= 11 is 0. The number of carbonyl (C=O) groups is 1. The number of rotatable bonds is 0. The molecule has 0 N–H and O–H groups in total. The Balaban J connectivity index is 2.25. The molecule has 0 aromatic carbocycles. The molecule has 0 spiro atoms. The van der Waals surface area contributed by atoms with E-state index in [0.717, 1.165) is 5.92 Å². The maximum Gasteiger partial charge on any atom is 0.139 e. The lowest BCUT2D eigenvalue weighted by molar-refractivity contribution is -0.125. The molecule has 2 bridgehead atoms. The lowest BCUT2D eigenvalue weighted by atomic mass is 9.89. The van der Waals surface area contributed by atoms with Crippen molar-refractivity contribution in [1.82, 2.24) is 0 Å². The molecule has 0 heterocycles. The Morgan fingerprint density at radius 3 is 2.56 bits per heavy atom. The fraction of sp³-hybridized carbons (Fsp3) is 0.875. The van der Waals surface area contributed by atoms with Crippen molar-refractivity contribution in [2.24, 2.45) is 17.8 Å². The second-order valence-corrected chi connectivity index (χ2v) is 3.46. The van der Waals surface area contributed by atoms with Crippen molar-refractivity contribution in [2.45, 2.75) is 26.2 Å². The van der Waals surface area contributed by atoms with Crippen molar-refractivity contribution < 1.29 is 4.79 Å². The van der Waals surface area contributed by atoms with Crippen LogP contribution < -0.4 is 0 Å². The van der Waals surface area contributed by atoms with Crippen LogP contribution in [0.1, 0.15) is 26.2 Å². The predicted octanol–water partition coefficient (Wildman–Crippen LogP) is 1.62. The molecule has 2 unspecified atom stereocenters. The number of carbonyl (C=O) groups excluding carboxylic acids is 1. The van der Waals surface area contributed by atoms with E-state index < -0.39 is 0 Å². The average molecular weight is 124 g/mol. The zero-order valence-corrected chi connectivity index (χ0v) is 5.76. The molecule has 0 amide bonds. The third-order valence-electron chi connectivity index (χ3n) is 3.03. The van der Waals surface area contributed by atoms with Crippen LogP contribution in [0, 0.1) is 17.8 Å². The van der Waals surface area contributed by atoms with Gasteiger partial charge in [-0.15, -0.1) is 0 Å². The summed E-state index contributed by atoms with van der Waals surface area (Å²) in [6, 6.07) is 0. The maximum absolute atomic E-state index is 11.2. The summed E-state index contributed by atoms with van der Waals surface area (Å²) in [4.78, 5) is 11.2. The van der Waals surface area contributed by atoms with Crippen molar-refractivity contribution in [3.05, 3.63) is 0 Å². The second-order valence-electron chi connectivity index (χ2n) is 3.46.